The molecule has 0 radical (unpaired) electrons. The Kier molecular flexibility index (Phi) is 3.94. The molecule has 1 atom stereocenters. The van der Waals surface area contributed by atoms with Crippen molar-refractivity contribution in [3.63, 3.8) is 0 Å². The largest absolute Gasteiger partial charge is 0.481 e. The van der Waals surface area contributed by atoms with Crippen LogP contribution in [-0.4, -0.2) is 11.1 Å². The van der Waals surface area contributed by atoms with Crippen molar-refractivity contribution >= 4 is 17.6 Å². The van der Waals surface area contributed by atoms with E-state index in [0.29, 0.717) is 5.02 Å². The Morgan fingerprint density at radius 2 is 1.94 bits per heavy atom. The van der Waals surface area contributed by atoms with Crippen molar-refractivity contribution in [1.82, 2.24) is 0 Å². The molecule has 1 aromatic rings. The van der Waals surface area contributed by atoms with E-state index < -0.39 is 11.4 Å². The predicted molar refractivity (Wildman–Crippen MR) is 64.4 cm³/mol. The van der Waals surface area contributed by atoms with Gasteiger partial charge in [-0.25, -0.2) is 0 Å². The SMILES string of the molecule is CC(C)(CC(=O)O)C(N)c1ccc(Cl)cc1. The van der Waals surface area contributed by atoms with Gasteiger partial charge in [0.25, 0.3) is 0 Å². The molecule has 4 heteroatoms. The number of carboxylic acids is 1. The normalized spacial score (nSPS) is 13.5. The van der Waals surface area contributed by atoms with Crippen molar-refractivity contribution < 1.29 is 9.90 Å². The molecule has 0 aliphatic carbocycles. The molecule has 16 heavy (non-hydrogen) atoms. The zero-order chi connectivity index (χ0) is 12.3. The summed E-state index contributed by atoms with van der Waals surface area (Å²) in [4.78, 5) is 10.7. The van der Waals surface area contributed by atoms with Gasteiger partial charge >= 0.3 is 5.97 Å². The number of hydrogen-bond acceptors (Lipinski definition) is 2. The minimum Gasteiger partial charge on any atom is -0.481 e. The summed E-state index contributed by atoms with van der Waals surface area (Å²) < 4.78 is 0. The van der Waals surface area contributed by atoms with Gasteiger partial charge in [-0.05, 0) is 23.1 Å². The summed E-state index contributed by atoms with van der Waals surface area (Å²) in [7, 11) is 0. The molecule has 0 amide bonds. The Bertz CT molecular complexity index is 373. The molecule has 3 N–H and O–H groups in total. The first-order valence-electron chi connectivity index (χ1n) is 5.06. The molecule has 0 aliphatic heterocycles. The van der Waals surface area contributed by atoms with Crippen LogP contribution in [-0.2, 0) is 4.79 Å². The quantitative estimate of drug-likeness (QED) is 0.852. The molecule has 0 fully saturated rings. The van der Waals surface area contributed by atoms with Crippen LogP contribution in [0.25, 0.3) is 0 Å². The maximum absolute atomic E-state index is 10.7. The first-order valence-corrected chi connectivity index (χ1v) is 5.43. The van der Waals surface area contributed by atoms with E-state index in [1.54, 1.807) is 12.1 Å². The predicted octanol–water partition coefficient (Wildman–Crippen LogP) is 2.84. The van der Waals surface area contributed by atoms with Crippen LogP contribution in [0, 0.1) is 5.41 Å². The Labute approximate surface area is 100 Å². The maximum atomic E-state index is 10.7. The third-order valence-corrected chi connectivity index (χ3v) is 2.93. The molecule has 0 saturated heterocycles. The zero-order valence-corrected chi connectivity index (χ0v) is 10.2. The van der Waals surface area contributed by atoms with Crippen LogP contribution in [0.2, 0.25) is 5.02 Å². The lowest BCUT2D eigenvalue weighted by molar-refractivity contribution is -0.139. The van der Waals surface area contributed by atoms with Crippen molar-refractivity contribution in [3.05, 3.63) is 34.9 Å². The fourth-order valence-electron chi connectivity index (χ4n) is 1.62. The lowest BCUT2D eigenvalue weighted by Crippen LogP contribution is -2.31. The van der Waals surface area contributed by atoms with Gasteiger partial charge in [-0.3, -0.25) is 4.79 Å². The Morgan fingerprint density at radius 3 is 2.38 bits per heavy atom. The molecular formula is C12H16ClNO2. The molecular weight excluding hydrogens is 226 g/mol. The van der Waals surface area contributed by atoms with Crippen LogP contribution < -0.4 is 5.73 Å². The number of nitrogens with two attached hydrogens (primary N) is 1. The van der Waals surface area contributed by atoms with E-state index in [2.05, 4.69) is 0 Å². The molecule has 0 spiro atoms. The van der Waals surface area contributed by atoms with Crippen LogP contribution in [0.4, 0.5) is 0 Å². The van der Waals surface area contributed by atoms with E-state index in [4.69, 9.17) is 22.4 Å². The minimum absolute atomic E-state index is 0.0385. The zero-order valence-electron chi connectivity index (χ0n) is 9.40. The summed E-state index contributed by atoms with van der Waals surface area (Å²) in [6.45, 7) is 3.70. The average Bonchev–Trinajstić information content (AvgIpc) is 2.16. The second kappa shape index (κ2) is 4.85. The van der Waals surface area contributed by atoms with Gasteiger partial charge in [-0.2, -0.15) is 0 Å². The minimum atomic E-state index is -0.839. The van der Waals surface area contributed by atoms with E-state index >= 15 is 0 Å². The monoisotopic (exact) mass is 241 g/mol. The highest BCUT2D eigenvalue weighted by Crippen LogP contribution is 2.34. The molecule has 3 nitrogen and oxygen atoms in total. The summed E-state index contributed by atoms with van der Waals surface area (Å²) in [6, 6.07) is 6.86. The summed E-state index contributed by atoms with van der Waals surface area (Å²) in [5.41, 5.74) is 6.48. The molecule has 1 aromatic carbocycles. The van der Waals surface area contributed by atoms with Crippen molar-refractivity contribution in [3.8, 4) is 0 Å². The Morgan fingerprint density at radius 1 is 1.44 bits per heavy atom. The number of aliphatic carboxylic acids is 1. The molecule has 0 bridgehead atoms. The van der Waals surface area contributed by atoms with E-state index in [9.17, 15) is 4.79 Å². The van der Waals surface area contributed by atoms with Crippen molar-refractivity contribution in [2.45, 2.75) is 26.3 Å². The van der Waals surface area contributed by atoms with Crippen molar-refractivity contribution in [1.29, 1.82) is 0 Å². The highest BCUT2D eigenvalue weighted by Gasteiger charge is 2.30. The first-order chi connectivity index (χ1) is 7.33. The van der Waals surface area contributed by atoms with Crippen LogP contribution in [0.15, 0.2) is 24.3 Å². The lowest BCUT2D eigenvalue weighted by Gasteiger charge is -2.30. The van der Waals surface area contributed by atoms with Crippen molar-refractivity contribution in [2.24, 2.45) is 11.1 Å². The molecule has 0 heterocycles. The molecule has 0 aromatic heterocycles. The fourth-order valence-corrected chi connectivity index (χ4v) is 1.75. The van der Waals surface area contributed by atoms with Gasteiger partial charge in [0.1, 0.15) is 0 Å². The van der Waals surface area contributed by atoms with Gasteiger partial charge in [0.2, 0.25) is 0 Å². The van der Waals surface area contributed by atoms with E-state index in [-0.39, 0.29) is 12.5 Å². The molecule has 1 unspecified atom stereocenters. The number of halogens is 1. The maximum Gasteiger partial charge on any atom is 0.303 e. The van der Waals surface area contributed by atoms with Gasteiger partial charge in [0, 0.05) is 11.1 Å². The molecule has 88 valence electrons. The number of benzene rings is 1. The summed E-state index contributed by atoms with van der Waals surface area (Å²) in [5.74, 6) is -0.839. The van der Waals surface area contributed by atoms with Crippen LogP contribution in [0.5, 0.6) is 0 Å². The van der Waals surface area contributed by atoms with Crippen LogP contribution in [0.1, 0.15) is 31.9 Å². The van der Waals surface area contributed by atoms with E-state index in [1.165, 1.54) is 0 Å². The third-order valence-electron chi connectivity index (χ3n) is 2.68. The Balaban J connectivity index is 2.88. The van der Waals surface area contributed by atoms with Gasteiger partial charge in [0.15, 0.2) is 0 Å². The molecule has 1 rings (SSSR count). The molecule has 0 aliphatic rings. The van der Waals surface area contributed by atoms with Gasteiger partial charge in [-0.1, -0.05) is 37.6 Å². The second-order valence-corrected chi connectivity index (χ2v) is 5.02. The second-order valence-electron chi connectivity index (χ2n) is 4.59. The number of hydrogen-bond donors (Lipinski definition) is 2. The van der Waals surface area contributed by atoms with Gasteiger partial charge in [0.05, 0.1) is 6.42 Å². The molecule has 0 saturated carbocycles. The van der Waals surface area contributed by atoms with Gasteiger partial charge in [-0.15, -0.1) is 0 Å². The fraction of sp³-hybridized carbons (Fsp3) is 0.417. The standard InChI is InChI=1S/C12H16ClNO2/c1-12(2,7-10(15)16)11(14)8-3-5-9(13)6-4-8/h3-6,11H,7,14H2,1-2H3,(H,15,16). The third kappa shape index (κ3) is 3.22. The first kappa shape index (κ1) is 13.0. The highest BCUT2D eigenvalue weighted by molar-refractivity contribution is 6.30. The van der Waals surface area contributed by atoms with Crippen LogP contribution >= 0.6 is 11.6 Å². The van der Waals surface area contributed by atoms with E-state index in [0.717, 1.165) is 5.56 Å². The highest BCUT2D eigenvalue weighted by atomic mass is 35.5. The summed E-state index contributed by atoms with van der Waals surface area (Å²) >= 11 is 5.78. The van der Waals surface area contributed by atoms with Crippen LogP contribution in [0.3, 0.4) is 0 Å². The number of carboxylic acid groups (broad SMARTS) is 1. The summed E-state index contributed by atoms with van der Waals surface area (Å²) in [6.07, 6.45) is 0.0385. The van der Waals surface area contributed by atoms with Gasteiger partial charge < -0.3 is 10.8 Å². The van der Waals surface area contributed by atoms with E-state index in [1.807, 2.05) is 26.0 Å². The smallest absolute Gasteiger partial charge is 0.303 e. The van der Waals surface area contributed by atoms with Crippen molar-refractivity contribution in [2.75, 3.05) is 0 Å². The number of rotatable bonds is 4. The average molecular weight is 242 g/mol. The Hall–Kier alpha value is -1.06. The topological polar surface area (TPSA) is 63.3 Å². The summed E-state index contributed by atoms with van der Waals surface area (Å²) in [5, 5.41) is 9.46. The lowest BCUT2D eigenvalue weighted by atomic mass is 9.78. The number of carbonyl (C=O) groups is 1.